The number of aryl methyl sites for hydroxylation is 1. The van der Waals surface area contributed by atoms with Gasteiger partial charge in [-0.15, -0.1) is 0 Å². The molecule has 1 saturated heterocycles. The van der Waals surface area contributed by atoms with Crippen LogP contribution in [0.2, 0.25) is 5.02 Å². The minimum atomic E-state index is -0.448. The number of imidazole rings is 1. The number of fused-ring (bicyclic) bond motifs is 3. The average Bonchev–Trinajstić information content (AvgIpc) is 3.01. The van der Waals surface area contributed by atoms with Crippen LogP contribution in [0.1, 0.15) is 12.6 Å². The van der Waals surface area contributed by atoms with E-state index in [1.54, 1.807) is 6.07 Å². The molecule has 0 N–H and O–H groups in total. The summed E-state index contributed by atoms with van der Waals surface area (Å²) >= 11 is 5.98. The van der Waals surface area contributed by atoms with E-state index in [9.17, 15) is 4.39 Å². The molecule has 4 rings (SSSR count). The largest absolute Gasteiger partial charge is 0.351 e. The molecule has 0 spiro atoms. The Kier molecular flexibility index (Phi) is 3.81. The molecule has 5 nitrogen and oxygen atoms in total. The van der Waals surface area contributed by atoms with E-state index in [1.807, 2.05) is 10.6 Å². The van der Waals surface area contributed by atoms with Crippen LogP contribution in [0.3, 0.4) is 0 Å². The van der Waals surface area contributed by atoms with E-state index in [-0.39, 0.29) is 5.02 Å². The van der Waals surface area contributed by atoms with Gasteiger partial charge in [0.2, 0.25) is 0 Å². The quantitative estimate of drug-likeness (QED) is 0.714. The van der Waals surface area contributed by atoms with Crippen molar-refractivity contribution in [3.8, 4) is 0 Å². The highest BCUT2D eigenvalue weighted by Gasteiger charge is 2.21. The molecule has 1 fully saturated rings. The molecule has 0 amide bonds. The summed E-state index contributed by atoms with van der Waals surface area (Å²) in [7, 11) is 2.11. The van der Waals surface area contributed by atoms with Crippen molar-refractivity contribution in [3.63, 3.8) is 0 Å². The zero-order valence-corrected chi connectivity index (χ0v) is 14.5. The zero-order chi connectivity index (χ0) is 16.8. The molecular weight excluding hydrogens is 329 g/mol. The Morgan fingerprint density at radius 2 is 1.92 bits per heavy atom. The molecular formula is C17H19ClFN5. The van der Waals surface area contributed by atoms with Crippen molar-refractivity contribution in [1.29, 1.82) is 0 Å². The SMILES string of the molecule is CCc1cn2c(n1)c(N1CCN(C)CC1)nc1cc(F)c(Cl)cc12. The molecule has 24 heavy (non-hydrogen) atoms. The number of hydrogen-bond donors (Lipinski definition) is 0. The molecule has 3 aromatic rings. The fourth-order valence-corrected chi connectivity index (χ4v) is 3.30. The fourth-order valence-electron chi connectivity index (χ4n) is 3.14. The third kappa shape index (κ3) is 2.50. The third-order valence-corrected chi connectivity index (χ3v) is 4.91. The molecule has 0 unspecified atom stereocenters. The Morgan fingerprint density at radius 3 is 2.62 bits per heavy atom. The molecule has 0 bridgehead atoms. The van der Waals surface area contributed by atoms with Gasteiger partial charge >= 0.3 is 0 Å². The summed E-state index contributed by atoms with van der Waals surface area (Å²) in [5.74, 6) is 0.369. The Balaban J connectivity index is 1.96. The molecule has 1 aromatic carbocycles. The van der Waals surface area contributed by atoms with Crippen LogP contribution in [0.25, 0.3) is 16.7 Å². The van der Waals surface area contributed by atoms with E-state index in [0.29, 0.717) is 5.52 Å². The van der Waals surface area contributed by atoms with Crippen LogP contribution < -0.4 is 4.90 Å². The van der Waals surface area contributed by atoms with Gasteiger partial charge in [-0.3, -0.25) is 4.40 Å². The second-order valence-corrected chi connectivity index (χ2v) is 6.67. The first kappa shape index (κ1) is 15.6. The Bertz CT molecular complexity index is 914. The molecule has 2 aromatic heterocycles. The Hall–Kier alpha value is -1.92. The van der Waals surface area contributed by atoms with Crippen molar-refractivity contribution >= 4 is 34.1 Å². The van der Waals surface area contributed by atoms with Gasteiger partial charge in [0.05, 0.1) is 21.7 Å². The topological polar surface area (TPSA) is 36.7 Å². The summed E-state index contributed by atoms with van der Waals surface area (Å²) in [6.07, 6.45) is 2.83. The standard InChI is InChI=1S/C17H19ClFN5/c1-3-11-10-24-15-8-12(18)13(19)9-14(15)21-16(17(24)20-11)23-6-4-22(2)5-7-23/h8-10H,3-7H2,1-2H3. The maximum Gasteiger partial charge on any atom is 0.181 e. The number of likely N-dealkylation sites (N-methyl/N-ethyl adjacent to an activating group) is 1. The average molecular weight is 348 g/mol. The van der Waals surface area contributed by atoms with Crippen molar-refractivity contribution < 1.29 is 4.39 Å². The summed E-state index contributed by atoms with van der Waals surface area (Å²) in [4.78, 5) is 14.0. The van der Waals surface area contributed by atoms with Crippen molar-refractivity contribution in [1.82, 2.24) is 19.3 Å². The number of aromatic nitrogens is 3. The van der Waals surface area contributed by atoms with Gasteiger partial charge in [-0.2, -0.15) is 0 Å². The number of anilines is 1. The van der Waals surface area contributed by atoms with Gasteiger partial charge in [-0.1, -0.05) is 18.5 Å². The molecule has 1 aliphatic heterocycles. The summed E-state index contributed by atoms with van der Waals surface area (Å²) in [6, 6.07) is 3.03. The molecule has 3 heterocycles. The van der Waals surface area contributed by atoms with Gasteiger partial charge < -0.3 is 9.80 Å². The van der Waals surface area contributed by atoms with Crippen LogP contribution in [0, 0.1) is 5.82 Å². The lowest BCUT2D eigenvalue weighted by atomic mass is 10.2. The van der Waals surface area contributed by atoms with Crippen molar-refractivity contribution in [3.05, 3.63) is 34.9 Å². The van der Waals surface area contributed by atoms with Gasteiger partial charge in [0, 0.05) is 38.4 Å². The highest BCUT2D eigenvalue weighted by molar-refractivity contribution is 6.31. The lowest BCUT2D eigenvalue weighted by Crippen LogP contribution is -2.45. The van der Waals surface area contributed by atoms with Crippen LogP contribution in [-0.2, 0) is 6.42 Å². The smallest absolute Gasteiger partial charge is 0.181 e. The van der Waals surface area contributed by atoms with Crippen LogP contribution in [0.4, 0.5) is 10.2 Å². The van der Waals surface area contributed by atoms with Crippen molar-refractivity contribution in [2.24, 2.45) is 0 Å². The minimum Gasteiger partial charge on any atom is -0.351 e. The summed E-state index contributed by atoms with van der Waals surface area (Å²) in [6.45, 7) is 5.79. The summed E-state index contributed by atoms with van der Waals surface area (Å²) < 4.78 is 15.9. The Morgan fingerprint density at radius 1 is 1.17 bits per heavy atom. The Labute approximate surface area is 144 Å². The van der Waals surface area contributed by atoms with Crippen molar-refractivity contribution in [2.75, 3.05) is 38.1 Å². The van der Waals surface area contributed by atoms with Gasteiger partial charge in [0.25, 0.3) is 0 Å². The number of nitrogens with zero attached hydrogens (tertiary/aromatic N) is 5. The minimum absolute atomic E-state index is 0.102. The summed E-state index contributed by atoms with van der Waals surface area (Å²) in [5.41, 5.74) is 3.17. The van der Waals surface area contributed by atoms with Crippen LogP contribution in [0.5, 0.6) is 0 Å². The molecule has 0 aliphatic carbocycles. The lowest BCUT2D eigenvalue weighted by molar-refractivity contribution is 0.312. The highest BCUT2D eigenvalue weighted by Crippen LogP contribution is 2.28. The zero-order valence-electron chi connectivity index (χ0n) is 13.8. The van der Waals surface area contributed by atoms with Gasteiger partial charge in [0.15, 0.2) is 11.5 Å². The van der Waals surface area contributed by atoms with E-state index in [4.69, 9.17) is 21.6 Å². The number of rotatable bonds is 2. The summed E-state index contributed by atoms with van der Waals surface area (Å²) in [5, 5.41) is 0.102. The number of benzene rings is 1. The van der Waals surface area contributed by atoms with E-state index in [0.717, 1.165) is 55.3 Å². The van der Waals surface area contributed by atoms with E-state index >= 15 is 0 Å². The predicted molar refractivity (Wildman–Crippen MR) is 94.5 cm³/mol. The second kappa shape index (κ2) is 5.86. The van der Waals surface area contributed by atoms with E-state index < -0.39 is 5.82 Å². The first-order valence-corrected chi connectivity index (χ1v) is 8.55. The lowest BCUT2D eigenvalue weighted by Gasteiger charge is -2.33. The molecule has 126 valence electrons. The van der Waals surface area contributed by atoms with Gasteiger partial charge in [-0.25, -0.2) is 14.4 Å². The fraction of sp³-hybridized carbons (Fsp3) is 0.412. The molecule has 1 aliphatic rings. The number of halogens is 2. The van der Waals surface area contributed by atoms with E-state index in [1.165, 1.54) is 6.07 Å². The number of piperazine rings is 1. The molecule has 0 saturated carbocycles. The third-order valence-electron chi connectivity index (χ3n) is 4.62. The molecule has 0 radical (unpaired) electrons. The van der Waals surface area contributed by atoms with Crippen LogP contribution >= 0.6 is 11.6 Å². The van der Waals surface area contributed by atoms with E-state index in [2.05, 4.69) is 23.8 Å². The normalized spacial score (nSPS) is 16.4. The maximum atomic E-state index is 13.9. The molecule has 7 heteroatoms. The van der Waals surface area contributed by atoms with Gasteiger partial charge in [-0.05, 0) is 19.5 Å². The number of hydrogen-bond acceptors (Lipinski definition) is 4. The first-order valence-electron chi connectivity index (χ1n) is 8.17. The highest BCUT2D eigenvalue weighted by atomic mass is 35.5. The maximum absolute atomic E-state index is 13.9. The van der Waals surface area contributed by atoms with Crippen LogP contribution in [-0.4, -0.2) is 52.5 Å². The van der Waals surface area contributed by atoms with Crippen molar-refractivity contribution in [2.45, 2.75) is 13.3 Å². The predicted octanol–water partition coefficient (Wildman–Crippen LogP) is 2.99. The first-order chi connectivity index (χ1) is 11.6. The van der Waals surface area contributed by atoms with Crippen LogP contribution in [0.15, 0.2) is 18.3 Å². The molecule has 0 atom stereocenters. The monoisotopic (exact) mass is 347 g/mol. The van der Waals surface area contributed by atoms with Gasteiger partial charge in [0.1, 0.15) is 5.82 Å². The second-order valence-electron chi connectivity index (χ2n) is 6.26.